The molecule has 2 atom stereocenters. The third-order valence-electron chi connectivity index (χ3n) is 5.35. The summed E-state index contributed by atoms with van der Waals surface area (Å²) in [6.45, 7) is 2.97. The fraction of sp³-hybridized carbons (Fsp3) is 0.333. The molecule has 0 aromatic heterocycles. The number of thioether (sulfide) groups is 1. The molecule has 0 fully saturated rings. The van der Waals surface area contributed by atoms with Crippen LogP contribution in [0.1, 0.15) is 31.4 Å². The molecule has 0 bridgehead atoms. The van der Waals surface area contributed by atoms with Crippen molar-refractivity contribution in [3.05, 3.63) is 81.8 Å². The number of allylic oxidation sites excluding steroid dienone is 4. The van der Waals surface area contributed by atoms with E-state index in [0.29, 0.717) is 11.1 Å². The highest BCUT2D eigenvalue weighted by Gasteiger charge is 2.48. The Morgan fingerprint density at radius 3 is 2.06 bits per heavy atom. The van der Waals surface area contributed by atoms with Crippen LogP contribution in [0, 0.1) is 11.7 Å². The number of hydrogen-bond acceptors (Lipinski definition) is 1. The highest BCUT2D eigenvalue weighted by atomic mass is 32.2. The van der Waals surface area contributed by atoms with Crippen LogP contribution in [-0.4, -0.2) is 12.3 Å². The Hall–Kier alpha value is -2.29. The molecular formula is C24H20F8S. The number of benzene rings is 2. The van der Waals surface area contributed by atoms with Crippen LogP contribution in [0.5, 0.6) is 0 Å². The quantitative estimate of drug-likeness (QED) is 0.363. The zero-order valence-electron chi connectivity index (χ0n) is 17.6. The zero-order chi connectivity index (χ0) is 24.6. The van der Waals surface area contributed by atoms with Crippen molar-refractivity contribution >= 4 is 11.8 Å². The smallest absolute Gasteiger partial charge is 0.241 e. The summed E-state index contributed by atoms with van der Waals surface area (Å²) in [6, 6.07) is 10.3. The summed E-state index contributed by atoms with van der Waals surface area (Å²) >= 11 is -0.366. The maximum Gasteiger partial charge on any atom is 0.418 e. The molecule has 1 aliphatic carbocycles. The number of halogens is 8. The number of alkyl halides is 6. The van der Waals surface area contributed by atoms with Crippen LogP contribution < -0.4 is 0 Å². The van der Waals surface area contributed by atoms with Gasteiger partial charge in [-0.05, 0) is 46.2 Å². The van der Waals surface area contributed by atoms with Crippen LogP contribution in [0.3, 0.4) is 0 Å². The van der Waals surface area contributed by atoms with Gasteiger partial charge in [0.05, 0.1) is 5.56 Å². The predicted octanol–water partition coefficient (Wildman–Crippen LogP) is 8.89. The lowest BCUT2D eigenvalue weighted by Crippen LogP contribution is -2.31. The topological polar surface area (TPSA) is 0 Å². The Bertz CT molecular complexity index is 1070. The average Bonchev–Trinajstić information content (AvgIpc) is 2.71. The van der Waals surface area contributed by atoms with Gasteiger partial charge in [0, 0.05) is 5.92 Å². The van der Waals surface area contributed by atoms with Gasteiger partial charge in [0.25, 0.3) is 0 Å². The van der Waals surface area contributed by atoms with E-state index in [2.05, 4.69) is 0 Å². The molecule has 0 N–H and O–H groups in total. The van der Waals surface area contributed by atoms with Crippen molar-refractivity contribution < 1.29 is 35.1 Å². The third-order valence-corrected chi connectivity index (χ3v) is 6.55. The summed E-state index contributed by atoms with van der Waals surface area (Å²) in [5, 5.41) is -3.97. The van der Waals surface area contributed by atoms with Crippen molar-refractivity contribution in [1.82, 2.24) is 0 Å². The van der Waals surface area contributed by atoms with Gasteiger partial charge >= 0.3 is 11.4 Å². The normalized spacial score (nSPS) is 19.6. The van der Waals surface area contributed by atoms with Gasteiger partial charge in [-0.3, -0.25) is 0 Å². The molecule has 0 saturated heterocycles. The molecule has 0 spiro atoms. The SMILES string of the molecule is CCCc1ccc(-c2ccc(C(F)(F)SC3=CC(F)=C(C(F)(F)F)C(F)C3C)c(F)c2)cc1. The lowest BCUT2D eigenvalue weighted by atomic mass is 9.92. The van der Waals surface area contributed by atoms with E-state index in [4.69, 9.17) is 0 Å². The fourth-order valence-corrected chi connectivity index (χ4v) is 4.60. The van der Waals surface area contributed by atoms with Crippen molar-refractivity contribution in [3.8, 4) is 11.1 Å². The van der Waals surface area contributed by atoms with E-state index in [0.717, 1.165) is 37.5 Å². The highest BCUT2D eigenvalue weighted by molar-refractivity contribution is 8.03. The van der Waals surface area contributed by atoms with Crippen LogP contribution in [0.15, 0.2) is 64.8 Å². The number of rotatable bonds is 6. The molecule has 3 rings (SSSR count). The monoisotopic (exact) mass is 492 g/mol. The first-order chi connectivity index (χ1) is 15.3. The lowest BCUT2D eigenvalue weighted by Gasteiger charge is -2.29. The van der Waals surface area contributed by atoms with Gasteiger partial charge < -0.3 is 0 Å². The van der Waals surface area contributed by atoms with Crippen molar-refractivity contribution in [1.29, 1.82) is 0 Å². The van der Waals surface area contributed by atoms with E-state index in [9.17, 15) is 35.1 Å². The molecule has 9 heteroatoms. The van der Waals surface area contributed by atoms with Gasteiger partial charge in [-0.1, -0.05) is 62.4 Å². The maximum atomic E-state index is 14.8. The molecule has 0 radical (unpaired) electrons. The molecule has 2 aromatic rings. The summed E-state index contributed by atoms with van der Waals surface area (Å²) in [6.07, 6.45) is -6.07. The largest absolute Gasteiger partial charge is 0.418 e. The lowest BCUT2D eigenvalue weighted by molar-refractivity contribution is -0.104. The maximum absolute atomic E-state index is 14.8. The Kier molecular flexibility index (Phi) is 7.31. The molecule has 0 aliphatic heterocycles. The molecule has 33 heavy (non-hydrogen) atoms. The first-order valence-corrected chi connectivity index (χ1v) is 11.0. The number of aryl methyl sites for hydroxylation is 1. The molecular weight excluding hydrogens is 472 g/mol. The van der Waals surface area contributed by atoms with E-state index in [1.165, 1.54) is 6.07 Å². The molecule has 178 valence electrons. The summed E-state index contributed by atoms with van der Waals surface area (Å²) < 4.78 is 111. The minimum absolute atomic E-state index is 0.242. The Labute approximate surface area is 190 Å². The minimum Gasteiger partial charge on any atom is -0.241 e. The molecule has 0 saturated carbocycles. The number of hydrogen-bond donors (Lipinski definition) is 0. The zero-order valence-corrected chi connectivity index (χ0v) is 18.4. The third kappa shape index (κ3) is 5.45. The average molecular weight is 492 g/mol. The van der Waals surface area contributed by atoms with Crippen LogP contribution in [0.2, 0.25) is 0 Å². The van der Waals surface area contributed by atoms with E-state index in [1.807, 2.05) is 19.1 Å². The Balaban J connectivity index is 1.88. The molecule has 2 unspecified atom stereocenters. The van der Waals surface area contributed by atoms with Crippen molar-refractivity contribution in [3.63, 3.8) is 0 Å². The van der Waals surface area contributed by atoms with Crippen LogP contribution in [-0.2, 0) is 11.7 Å². The van der Waals surface area contributed by atoms with Gasteiger partial charge in [-0.2, -0.15) is 22.0 Å². The standard InChI is InChI=1S/C24H20F8S/c1-3-4-14-5-7-15(8-6-14)16-9-10-17(18(25)11-16)24(31,32)33-20-12-19(26)21(23(28,29)30)22(27)13(20)2/h5-13,22H,3-4H2,1-2H3. The van der Waals surface area contributed by atoms with Gasteiger partial charge in [-0.15, -0.1) is 0 Å². The van der Waals surface area contributed by atoms with E-state index in [1.54, 1.807) is 12.1 Å². The molecule has 0 amide bonds. The Morgan fingerprint density at radius 2 is 1.52 bits per heavy atom. The van der Waals surface area contributed by atoms with Gasteiger partial charge in [0.1, 0.15) is 23.4 Å². The molecule has 1 aliphatic rings. The predicted molar refractivity (Wildman–Crippen MR) is 114 cm³/mol. The minimum atomic E-state index is -5.27. The molecule has 2 aromatic carbocycles. The first kappa shape index (κ1) is 25.3. The summed E-state index contributed by atoms with van der Waals surface area (Å²) in [4.78, 5) is -0.645. The first-order valence-electron chi connectivity index (χ1n) is 10.1. The van der Waals surface area contributed by atoms with Crippen LogP contribution >= 0.6 is 11.8 Å². The van der Waals surface area contributed by atoms with Crippen molar-refractivity contribution in [2.75, 3.05) is 0 Å². The van der Waals surface area contributed by atoms with E-state index in [-0.39, 0.29) is 17.8 Å². The molecule has 0 heterocycles. The summed E-state index contributed by atoms with van der Waals surface area (Å²) in [7, 11) is 0. The summed E-state index contributed by atoms with van der Waals surface area (Å²) in [5.74, 6) is -4.88. The highest BCUT2D eigenvalue weighted by Crippen LogP contribution is 2.52. The van der Waals surface area contributed by atoms with E-state index >= 15 is 0 Å². The van der Waals surface area contributed by atoms with Gasteiger partial charge in [-0.25, -0.2) is 13.2 Å². The second-order valence-corrected chi connectivity index (χ2v) is 8.95. The fourth-order valence-electron chi connectivity index (χ4n) is 3.56. The van der Waals surface area contributed by atoms with Gasteiger partial charge in [0.2, 0.25) is 0 Å². The summed E-state index contributed by atoms with van der Waals surface area (Å²) in [5.41, 5.74) is -1.01. The van der Waals surface area contributed by atoms with E-state index < -0.39 is 51.2 Å². The van der Waals surface area contributed by atoms with Crippen molar-refractivity contribution in [2.45, 2.75) is 44.3 Å². The van der Waals surface area contributed by atoms with Crippen LogP contribution in [0.4, 0.5) is 35.1 Å². The second kappa shape index (κ2) is 9.52. The van der Waals surface area contributed by atoms with Crippen LogP contribution in [0.25, 0.3) is 11.1 Å². The van der Waals surface area contributed by atoms with Crippen molar-refractivity contribution in [2.24, 2.45) is 5.92 Å². The van der Waals surface area contributed by atoms with Gasteiger partial charge in [0.15, 0.2) is 0 Å². The second-order valence-electron chi connectivity index (χ2n) is 7.76. The molecule has 0 nitrogen and oxygen atoms in total. The Morgan fingerprint density at radius 1 is 0.909 bits per heavy atom.